The maximum Gasteiger partial charge on any atom is 0.339 e. The fourth-order valence-electron chi connectivity index (χ4n) is 4.07. The van der Waals surface area contributed by atoms with Gasteiger partial charge in [0.2, 0.25) is 0 Å². The minimum atomic E-state index is -0.781. The van der Waals surface area contributed by atoms with Gasteiger partial charge in [-0.2, -0.15) is 0 Å². The monoisotopic (exact) mass is 560 g/mol. The Kier molecular flexibility index (Phi) is 11.0. The SMILES string of the molecule is C=CCOc1cc(N(Cc2cncc(C(=O)OC)c2)C(=O)C2=C(C(=O)OCCOC)CCCC2)c(F)cc1Cl. The van der Waals surface area contributed by atoms with Crippen molar-refractivity contribution >= 4 is 35.1 Å². The zero-order chi connectivity index (χ0) is 28.4. The Morgan fingerprint density at radius 1 is 1.08 bits per heavy atom. The van der Waals surface area contributed by atoms with E-state index in [0.29, 0.717) is 31.2 Å². The lowest BCUT2D eigenvalue weighted by molar-refractivity contribution is -0.140. The first-order valence-electron chi connectivity index (χ1n) is 12.3. The number of rotatable bonds is 12. The lowest BCUT2D eigenvalue weighted by Crippen LogP contribution is -2.35. The molecule has 2 aromatic rings. The molecule has 0 atom stereocenters. The molecule has 0 spiro atoms. The first-order valence-corrected chi connectivity index (χ1v) is 12.6. The van der Waals surface area contributed by atoms with Gasteiger partial charge in [0.25, 0.3) is 5.91 Å². The fraction of sp³-hybridized carbons (Fsp3) is 0.357. The van der Waals surface area contributed by atoms with Gasteiger partial charge in [-0.3, -0.25) is 9.78 Å². The minimum absolute atomic E-state index is 0.0131. The maximum atomic E-state index is 15.4. The van der Waals surface area contributed by atoms with E-state index in [1.165, 1.54) is 49.7 Å². The Hall–Kier alpha value is -3.76. The number of esters is 2. The molecule has 0 radical (unpaired) electrons. The van der Waals surface area contributed by atoms with E-state index in [4.69, 9.17) is 30.5 Å². The highest BCUT2D eigenvalue weighted by molar-refractivity contribution is 6.32. The average molecular weight is 561 g/mol. The molecule has 208 valence electrons. The van der Waals surface area contributed by atoms with Crippen molar-refractivity contribution in [2.75, 3.05) is 38.9 Å². The number of benzene rings is 1. The molecule has 1 aliphatic carbocycles. The molecule has 0 saturated heterocycles. The van der Waals surface area contributed by atoms with Crippen LogP contribution in [0.3, 0.4) is 0 Å². The van der Waals surface area contributed by atoms with E-state index in [1.54, 1.807) is 0 Å². The van der Waals surface area contributed by atoms with Crippen LogP contribution in [0.4, 0.5) is 10.1 Å². The van der Waals surface area contributed by atoms with Crippen LogP contribution < -0.4 is 9.64 Å². The van der Waals surface area contributed by atoms with E-state index < -0.39 is 23.7 Å². The van der Waals surface area contributed by atoms with E-state index in [1.807, 2.05) is 0 Å². The summed E-state index contributed by atoms with van der Waals surface area (Å²) < 4.78 is 35.9. The number of pyridine rings is 1. The summed E-state index contributed by atoms with van der Waals surface area (Å²) in [5.41, 5.74) is 0.926. The van der Waals surface area contributed by atoms with Gasteiger partial charge in [0.05, 0.1) is 36.5 Å². The molecule has 1 amide bonds. The van der Waals surface area contributed by atoms with Gasteiger partial charge in [0, 0.05) is 36.7 Å². The summed E-state index contributed by atoms with van der Waals surface area (Å²) in [5, 5.41) is 0.0131. The van der Waals surface area contributed by atoms with E-state index in [-0.39, 0.29) is 59.5 Å². The second kappa shape index (κ2) is 14.4. The van der Waals surface area contributed by atoms with Crippen molar-refractivity contribution in [2.45, 2.75) is 32.2 Å². The smallest absolute Gasteiger partial charge is 0.339 e. The summed E-state index contributed by atoms with van der Waals surface area (Å²) in [4.78, 5) is 44.2. The molecule has 11 heteroatoms. The number of aromatic nitrogens is 1. The molecular formula is C28H30ClFN2O7. The van der Waals surface area contributed by atoms with Crippen molar-refractivity contribution < 1.29 is 37.7 Å². The molecule has 1 aromatic heterocycles. The van der Waals surface area contributed by atoms with E-state index in [2.05, 4.69) is 11.6 Å². The van der Waals surface area contributed by atoms with Gasteiger partial charge in [-0.15, -0.1) is 0 Å². The number of nitrogens with zero attached hydrogens (tertiary/aromatic N) is 2. The summed E-state index contributed by atoms with van der Waals surface area (Å²) in [6.07, 6.45) is 6.29. The summed E-state index contributed by atoms with van der Waals surface area (Å²) in [7, 11) is 2.72. The van der Waals surface area contributed by atoms with Gasteiger partial charge in [0.15, 0.2) is 0 Å². The third-order valence-corrected chi connectivity index (χ3v) is 6.24. The highest BCUT2D eigenvalue weighted by Crippen LogP contribution is 2.36. The molecule has 0 bridgehead atoms. The molecule has 0 saturated carbocycles. The Bertz CT molecular complexity index is 1260. The Balaban J connectivity index is 2.10. The number of ether oxygens (including phenoxy) is 4. The van der Waals surface area contributed by atoms with Gasteiger partial charge in [-0.1, -0.05) is 24.3 Å². The number of halogens is 2. The third-order valence-electron chi connectivity index (χ3n) is 5.94. The quantitative estimate of drug-likeness (QED) is 0.207. The van der Waals surface area contributed by atoms with E-state index in [0.717, 1.165) is 6.07 Å². The Labute approximate surface area is 231 Å². The van der Waals surface area contributed by atoms with Crippen LogP contribution in [-0.4, -0.2) is 56.9 Å². The number of carbonyl (C=O) groups excluding carboxylic acids is 3. The number of hydrogen-bond acceptors (Lipinski definition) is 8. The molecule has 1 aliphatic rings. The molecule has 1 aromatic carbocycles. The molecular weight excluding hydrogens is 531 g/mol. The zero-order valence-electron chi connectivity index (χ0n) is 21.8. The summed E-state index contributed by atoms with van der Waals surface area (Å²) in [6, 6.07) is 3.86. The predicted octanol–water partition coefficient (Wildman–Crippen LogP) is 4.82. The first-order chi connectivity index (χ1) is 18.8. The van der Waals surface area contributed by atoms with Crippen LogP contribution in [0.5, 0.6) is 5.75 Å². The zero-order valence-corrected chi connectivity index (χ0v) is 22.6. The second-order valence-electron chi connectivity index (χ2n) is 8.59. The molecule has 9 nitrogen and oxygen atoms in total. The molecule has 0 N–H and O–H groups in total. The Morgan fingerprint density at radius 2 is 1.82 bits per heavy atom. The third kappa shape index (κ3) is 7.64. The van der Waals surface area contributed by atoms with Gasteiger partial charge >= 0.3 is 11.9 Å². The van der Waals surface area contributed by atoms with Crippen molar-refractivity contribution in [1.29, 1.82) is 0 Å². The second-order valence-corrected chi connectivity index (χ2v) is 9.00. The summed E-state index contributed by atoms with van der Waals surface area (Å²) in [5.74, 6) is -2.46. The van der Waals surface area contributed by atoms with Crippen molar-refractivity contribution in [3.05, 3.63) is 76.4 Å². The lowest BCUT2D eigenvalue weighted by Gasteiger charge is -2.28. The highest BCUT2D eigenvalue weighted by Gasteiger charge is 2.31. The van der Waals surface area contributed by atoms with Gasteiger partial charge in [-0.05, 0) is 43.4 Å². The largest absolute Gasteiger partial charge is 0.488 e. The topological polar surface area (TPSA) is 104 Å². The van der Waals surface area contributed by atoms with Crippen LogP contribution in [0.2, 0.25) is 5.02 Å². The van der Waals surface area contributed by atoms with Crippen LogP contribution in [0.15, 0.2) is 54.4 Å². The van der Waals surface area contributed by atoms with Crippen LogP contribution in [0.1, 0.15) is 41.6 Å². The maximum absolute atomic E-state index is 15.4. The molecule has 3 rings (SSSR count). The van der Waals surface area contributed by atoms with Crippen molar-refractivity contribution in [3.63, 3.8) is 0 Å². The molecule has 39 heavy (non-hydrogen) atoms. The van der Waals surface area contributed by atoms with Gasteiger partial charge in [0.1, 0.15) is 24.8 Å². The minimum Gasteiger partial charge on any atom is -0.488 e. The normalized spacial score (nSPS) is 13.0. The number of carbonyl (C=O) groups is 3. The van der Waals surface area contributed by atoms with Crippen LogP contribution in [0.25, 0.3) is 0 Å². The van der Waals surface area contributed by atoms with Gasteiger partial charge < -0.3 is 23.8 Å². The molecule has 0 unspecified atom stereocenters. The summed E-state index contributed by atoms with van der Waals surface area (Å²) in [6.45, 7) is 3.77. The van der Waals surface area contributed by atoms with Crippen molar-refractivity contribution in [3.8, 4) is 5.75 Å². The van der Waals surface area contributed by atoms with Crippen molar-refractivity contribution in [2.24, 2.45) is 0 Å². The van der Waals surface area contributed by atoms with E-state index >= 15 is 4.39 Å². The van der Waals surface area contributed by atoms with Crippen LogP contribution in [-0.2, 0) is 30.3 Å². The molecule has 1 heterocycles. The fourth-order valence-corrected chi connectivity index (χ4v) is 4.28. The lowest BCUT2D eigenvalue weighted by atomic mass is 9.90. The predicted molar refractivity (Wildman–Crippen MR) is 142 cm³/mol. The molecule has 0 aliphatic heterocycles. The van der Waals surface area contributed by atoms with E-state index in [9.17, 15) is 14.4 Å². The highest BCUT2D eigenvalue weighted by atomic mass is 35.5. The first kappa shape index (κ1) is 29.8. The standard InChI is InChI=1S/C28H30ClFN2O7/c1-4-9-38-25-14-24(23(30)13-22(25)29)32(17-18-12-19(16-31-15-18)27(34)37-3)26(33)20-7-5-6-8-21(20)28(35)39-11-10-36-2/h4,12-16H,1,5-11,17H2,2-3H3. The van der Waals surface area contributed by atoms with Crippen LogP contribution >= 0.6 is 11.6 Å². The van der Waals surface area contributed by atoms with Crippen LogP contribution in [0, 0.1) is 5.82 Å². The number of methoxy groups -OCH3 is 2. The summed E-state index contributed by atoms with van der Waals surface area (Å²) >= 11 is 6.18. The van der Waals surface area contributed by atoms with Crippen molar-refractivity contribution in [1.82, 2.24) is 4.98 Å². The number of anilines is 1. The number of amides is 1. The number of hydrogen-bond donors (Lipinski definition) is 0. The Morgan fingerprint density at radius 3 is 2.51 bits per heavy atom. The molecule has 0 fully saturated rings. The average Bonchev–Trinajstić information content (AvgIpc) is 2.95. The van der Waals surface area contributed by atoms with Gasteiger partial charge in [-0.25, -0.2) is 14.0 Å².